The summed E-state index contributed by atoms with van der Waals surface area (Å²) < 4.78 is 6.43. The molecule has 8 heteroatoms. The number of fused-ring (bicyclic) bond motifs is 1. The van der Waals surface area contributed by atoms with E-state index in [0.29, 0.717) is 25.1 Å². The minimum absolute atomic E-state index is 0.240. The van der Waals surface area contributed by atoms with E-state index in [0.717, 1.165) is 16.7 Å². The minimum atomic E-state index is -1.10. The number of benzene rings is 2. The second kappa shape index (κ2) is 9.33. The minimum Gasteiger partial charge on any atom is -0.394 e. The van der Waals surface area contributed by atoms with Crippen LogP contribution < -0.4 is 10.6 Å². The standard InChI is InChI=1S/C28H33N3O5/c1-16-8-7-9-17(2)23(16)30-26(34)24-28-13-12-20(36-28)21(22(28)27(35)31(24)18(3)15-32)25(33)29-14-19-10-5-4-6-11-19/h4-11,18,20-22,24,32H,12-15H2,1-3H3,(H,29,33)(H,30,34)/t18-,20+,21-,22+,24?,28?/m1/s1. The molecule has 3 saturated heterocycles. The van der Waals surface area contributed by atoms with E-state index in [4.69, 9.17) is 4.74 Å². The number of hydrogen-bond acceptors (Lipinski definition) is 5. The van der Waals surface area contributed by atoms with Gasteiger partial charge in [-0.05, 0) is 50.3 Å². The molecule has 2 unspecified atom stereocenters. The zero-order valence-electron chi connectivity index (χ0n) is 20.9. The largest absolute Gasteiger partial charge is 0.394 e. The van der Waals surface area contributed by atoms with Crippen molar-refractivity contribution in [2.24, 2.45) is 11.8 Å². The number of hydrogen-bond donors (Lipinski definition) is 3. The number of rotatable bonds is 7. The topological polar surface area (TPSA) is 108 Å². The van der Waals surface area contributed by atoms with Crippen molar-refractivity contribution in [3.8, 4) is 0 Å². The highest BCUT2D eigenvalue weighted by Crippen LogP contribution is 2.58. The fraction of sp³-hybridized carbons (Fsp3) is 0.464. The van der Waals surface area contributed by atoms with Crippen LogP contribution in [-0.2, 0) is 25.7 Å². The van der Waals surface area contributed by atoms with Gasteiger partial charge in [0, 0.05) is 12.2 Å². The maximum Gasteiger partial charge on any atom is 0.250 e. The van der Waals surface area contributed by atoms with Crippen molar-refractivity contribution >= 4 is 23.4 Å². The van der Waals surface area contributed by atoms with Crippen LogP contribution in [-0.4, -0.2) is 58.1 Å². The van der Waals surface area contributed by atoms with Gasteiger partial charge >= 0.3 is 0 Å². The molecule has 6 atom stereocenters. The van der Waals surface area contributed by atoms with E-state index in [-0.39, 0.29) is 24.3 Å². The Balaban J connectivity index is 1.45. The Morgan fingerprint density at radius 1 is 1.11 bits per heavy atom. The Labute approximate surface area is 211 Å². The van der Waals surface area contributed by atoms with Gasteiger partial charge in [0.1, 0.15) is 11.6 Å². The number of anilines is 1. The molecule has 3 N–H and O–H groups in total. The molecule has 5 rings (SSSR count). The van der Waals surface area contributed by atoms with Crippen molar-refractivity contribution in [3.63, 3.8) is 0 Å². The summed E-state index contributed by atoms with van der Waals surface area (Å²) in [7, 11) is 0. The first-order valence-corrected chi connectivity index (χ1v) is 12.6. The second-order valence-electron chi connectivity index (χ2n) is 10.3. The first-order chi connectivity index (χ1) is 17.3. The highest BCUT2D eigenvalue weighted by Gasteiger charge is 2.74. The predicted molar refractivity (Wildman–Crippen MR) is 134 cm³/mol. The predicted octanol–water partition coefficient (Wildman–Crippen LogP) is 2.31. The molecule has 0 saturated carbocycles. The van der Waals surface area contributed by atoms with Gasteiger partial charge in [-0.25, -0.2) is 0 Å². The van der Waals surface area contributed by atoms with Crippen molar-refractivity contribution in [2.75, 3.05) is 11.9 Å². The summed E-state index contributed by atoms with van der Waals surface area (Å²) in [5.74, 6) is -2.35. The first kappa shape index (κ1) is 24.5. The van der Waals surface area contributed by atoms with E-state index in [9.17, 15) is 19.5 Å². The lowest BCUT2D eigenvalue weighted by Crippen LogP contribution is -2.55. The van der Waals surface area contributed by atoms with Crippen LogP contribution in [0, 0.1) is 25.7 Å². The van der Waals surface area contributed by atoms with Crippen LogP contribution in [0.4, 0.5) is 5.69 Å². The summed E-state index contributed by atoms with van der Waals surface area (Å²) in [4.78, 5) is 42.5. The number of likely N-dealkylation sites (tertiary alicyclic amines) is 1. The maximum absolute atomic E-state index is 13.8. The highest BCUT2D eigenvalue weighted by molar-refractivity contribution is 6.04. The van der Waals surface area contributed by atoms with Gasteiger partial charge in [0.15, 0.2) is 0 Å². The van der Waals surface area contributed by atoms with Crippen LogP contribution in [0.15, 0.2) is 48.5 Å². The summed E-state index contributed by atoms with van der Waals surface area (Å²) in [6.07, 6.45) is 0.689. The van der Waals surface area contributed by atoms with E-state index < -0.39 is 35.6 Å². The number of aryl methyl sites for hydroxylation is 2. The fourth-order valence-electron chi connectivity index (χ4n) is 6.36. The van der Waals surface area contributed by atoms with E-state index in [2.05, 4.69) is 10.6 Å². The summed E-state index contributed by atoms with van der Waals surface area (Å²) in [5, 5.41) is 16.0. The molecule has 2 bridgehead atoms. The molecule has 3 amide bonds. The number of para-hydroxylation sites is 1. The fourth-order valence-corrected chi connectivity index (χ4v) is 6.36. The number of nitrogens with zero attached hydrogens (tertiary/aromatic N) is 1. The summed E-state index contributed by atoms with van der Waals surface area (Å²) in [5.41, 5.74) is 2.40. The van der Waals surface area contributed by atoms with Crippen molar-refractivity contribution in [2.45, 2.75) is 63.9 Å². The Morgan fingerprint density at radius 2 is 1.81 bits per heavy atom. The van der Waals surface area contributed by atoms with Crippen molar-refractivity contribution in [1.82, 2.24) is 10.2 Å². The third kappa shape index (κ3) is 3.79. The molecule has 0 radical (unpaired) electrons. The first-order valence-electron chi connectivity index (χ1n) is 12.6. The molecule has 2 aromatic rings. The van der Waals surface area contributed by atoms with Crippen LogP contribution >= 0.6 is 0 Å². The van der Waals surface area contributed by atoms with E-state index in [1.165, 1.54) is 4.90 Å². The lowest BCUT2D eigenvalue weighted by Gasteiger charge is -2.35. The number of amides is 3. The molecule has 3 heterocycles. The van der Waals surface area contributed by atoms with Crippen LogP contribution in [0.1, 0.15) is 36.5 Å². The number of carbonyl (C=O) groups is 3. The van der Waals surface area contributed by atoms with Crippen molar-refractivity contribution in [1.29, 1.82) is 0 Å². The van der Waals surface area contributed by atoms with Crippen LogP contribution in [0.25, 0.3) is 0 Å². The molecular weight excluding hydrogens is 458 g/mol. The molecule has 0 aliphatic carbocycles. The SMILES string of the molecule is Cc1cccc(C)c1NC(=O)C1N([C@H](C)CO)C(=O)[C@@H]2[C@H](C(=O)NCc3ccccc3)[C@@H]3CCC12O3. The quantitative estimate of drug-likeness (QED) is 0.551. The highest BCUT2D eigenvalue weighted by atomic mass is 16.5. The zero-order valence-corrected chi connectivity index (χ0v) is 20.9. The van der Waals surface area contributed by atoms with Gasteiger partial charge in [0.2, 0.25) is 17.7 Å². The van der Waals surface area contributed by atoms with Gasteiger partial charge in [-0.2, -0.15) is 0 Å². The van der Waals surface area contributed by atoms with Gasteiger partial charge < -0.3 is 25.4 Å². The van der Waals surface area contributed by atoms with E-state index >= 15 is 0 Å². The van der Waals surface area contributed by atoms with Crippen LogP contribution in [0.3, 0.4) is 0 Å². The molecule has 3 aliphatic rings. The summed E-state index contributed by atoms with van der Waals surface area (Å²) in [6, 6.07) is 13.8. The Morgan fingerprint density at radius 3 is 2.47 bits per heavy atom. The molecule has 190 valence electrons. The monoisotopic (exact) mass is 491 g/mol. The number of carbonyl (C=O) groups excluding carboxylic acids is 3. The molecule has 1 spiro atoms. The lowest BCUT2D eigenvalue weighted by molar-refractivity contribution is -0.143. The zero-order chi connectivity index (χ0) is 25.6. The van der Waals surface area contributed by atoms with Gasteiger partial charge in [-0.1, -0.05) is 48.5 Å². The molecule has 36 heavy (non-hydrogen) atoms. The maximum atomic E-state index is 13.8. The third-order valence-corrected chi connectivity index (χ3v) is 8.07. The molecule has 2 aromatic carbocycles. The summed E-state index contributed by atoms with van der Waals surface area (Å²) >= 11 is 0. The van der Waals surface area contributed by atoms with E-state index in [1.807, 2.05) is 62.4 Å². The number of aliphatic hydroxyl groups is 1. The molecular formula is C28H33N3O5. The Hall–Kier alpha value is -3.23. The van der Waals surface area contributed by atoms with Gasteiger partial charge in [-0.15, -0.1) is 0 Å². The Bertz CT molecular complexity index is 1160. The Kier molecular flexibility index (Phi) is 6.34. The van der Waals surface area contributed by atoms with Gasteiger partial charge in [0.25, 0.3) is 0 Å². The van der Waals surface area contributed by atoms with E-state index in [1.54, 1.807) is 6.92 Å². The molecule has 3 aliphatic heterocycles. The van der Waals surface area contributed by atoms with Gasteiger partial charge in [0.05, 0.1) is 30.6 Å². The smallest absolute Gasteiger partial charge is 0.250 e. The summed E-state index contributed by atoms with van der Waals surface area (Å²) in [6.45, 7) is 5.61. The molecule has 3 fully saturated rings. The van der Waals surface area contributed by atoms with Crippen molar-refractivity contribution in [3.05, 3.63) is 65.2 Å². The van der Waals surface area contributed by atoms with Crippen molar-refractivity contribution < 1.29 is 24.2 Å². The normalized spacial score (nSPS) is 29.2. The van der Waals surface area contributed by atoms with Crippen LogP contribution in [0.2, 0.25) is 0 Å². The molecule has 8 nitrogen and oxygen atoms in total. The average molecular weight is 492 g/mol. The van der Waals surface area contributed by atoms with Gasteiger partial charge in [-0.3, -0.25) is 14.4 Å². The number of aliphatic hydroxyl groups excluding tert-OH is 1. The lowest BCUT2D eigenvalue weighted by atomic mass is 9.70. The third-order valence-electron chi connectivity index (χ3n) is 8.07. The molecule has 0 aromatic heterocycles. The number of ether oxygens (including phenoxy) is 1. The van der Waals surface area contributed by atoms with Crippen LogP contribution in [0.5, 0.6) is 0 Å². The number of nitrogens with one attached hydrogen (secondary N) is 2. The second-order valence-corrected chi connectivity index (χ2v) is 10.3. The average Bonchev–Trinajstić information content (AvgIpc) is 3.52.